The highest BCUT2D eigenvalue weighted by atomic mass is 32.2. The number of thioether (sulfide) groups is 1. The highest BCUT2D eigenvalue weighted by molar-refractivity contribution is 7.99. The van der Waals surface area contributed by atoms with Gasteiger partial charge in [0.2, 0.25) is 0 Å². The molecule has 0 radical (unpaired) electrons. The fourth-order valence-corrected chi connectivity index (χ4v) is 2.38. The van der Waals surface area contributed by atoms with Gasteiger partial charge in [-0.3, -0.25) is 4.52 Å². The largest absolute Gasteiger partial charge is 0.469 e. The van der Waals surface area contributed by atoms with Crippen molar-refractivity contribution in [2.45, 2.75) is 17.8 Å². The van der Waals surface area contributed by atoms with E-state index in [1.54, 1.807) is 0 Å². The average molecular weight is 228 g/mol. The van der Waals surface area contributed by atoms with Crippen LogP contribution in [0.25, 0.3) is 0 Å². The summed E-state index contributed by atoms with van der Waals surface area (Å²) in [5, 5.41) is 0. The Kier molecular flexibility index (Phi) is 3.80. The molecule has 13 heavy (non-hydrogen) atoms. The number of phosphoric ester groups is 1. The molecule has 0 aliphatic carbocycles. The van der Waals surface area contributed by atoms with Crippen LogP contribution in [0.3, 0.4) is 0 Å². The van der Waals surface area contributed by atoms with Gasteiger partial charge in [0.1, 0.15) is 4.93 Å². The minimum atomic E-state index is -4.37. The van der Waals surface area contributed by atoms with E-state index >= 15 is 0 Å². The molecule has 0 aromatic carbocycles. The van der Waals surface area contributed by atoms with E-state index in [9.17, 15) is 4.57 Å². The van der Waals surface area contributed by atoms with Crippen molar-refractivity contribution in [2.75, 3.05) is 19.5 Å². The van der Waals surface area contributed by atoms with Crippen LogP contribution >= 0.6 is 19.6 Å². The van der Waals surface area contributed by atoms with E-state index < -0.39 is 12.8 Å². The van der Waals surface area contributed by atoms with Gasteiger partial charge in [0.25, 0.3) is 0 Å². The predicted octanol–water partition coefficient (Wildman–Crippen LogP) is 0.965. The van der Waals surface area contributed by atoms with E-state index in [-0.39, 0.29) is 6.61 Å². The summed E-state index contributed by atoms with van der Waals surface area (Å²) in [7, 11) is -4.37. The molecule has 1 atom stereocenters. The predicted molar refractivity (Wildman–Crippen MR) is 49.4 cm³/mol. The van der Waals surface area contributed by atoms with Gasteiger partial charge in [0.15, 0.2) is 0 Å². The van der Waals surface area contributed by atoms with Crippen LogP contribution in [-0.4, -0.2) is 34.2 Å². The Labute approximate surface area is 81.0 Å². The first-order valence-electron chi connectivity index (χ1n) is 3.87. The van der Waals surface area contributed by atoms with E-state index in [0.29, 0.717) is 6.61 Å². The van der Waals surface area contributed by atoms with Crippen LogP contribution in [0.1, 0.15) is 12.8 Å². The SMILES string of the molecule is CSC1(COP(=O)(O)O)CCCO1. The standard InChI is InChI=1S/C6H13O5PS/c1-13-6(3-2-4-10-6)5-11-12(7,8)9/h2-5H2,1H3,(H2,7,8,9). The molecule has 0 saturated carbocycles. The molecule has 0 spiro atoms. The topological polar surface area (TPSA) is 76.0 Å². The van der Waals surface area contributed by atoms with Crippen molar-refractivity contribution < 1.29 is 23.6 Å². The molecule has 2 N–H and O–H groups in total. The fraction of sp³-hybridized carbons (Fsp3) is 1.00. The molecule has 78 valence electrons. The summed E-state index contributed by atoms with van der Waals surface area (Å²) in [6, 6.07) is 0. The Hall–Kier alpha value is 0.420. The zero-order chi connectivity index (χ0) is 9.95. The zero-order valence-corrected chi connectivity index (χ0v) is 9.01. The van der Waals surface area contributed by atoms with Gasteiger partial charge in [-0.1, -0.05) is 0 Å². The first kappa shape index (κ1) is 11.5. The number of ether oxygens (including phenoxy) is 1. The first-order valence-corrected chi connectivity index (χ1v) is 6.62. The molecule has 1 rings (SSSR count). The second-order valence-corrected chi connectivity index (χ2v) is 5.22. The summed E-state index contributed by atoms with van der Waals surface area (Å²) in [5.41, 5.74) is 0. The zero-order valence-electron chi connectivity index (χ0n) is 7.30. The minimum Gasteiger partial charge on any atom is -0.362 e. The quantitative estimate of drug-likeness (QED) is 0.698. The lowest BCUT2D eigenvalue weighted by Gasteiger charge is -2.25. The van der Waals surface area contributed by atoms with Crippen molar-refractivity contribution in [3.05, 3.63) is 0 Å². The van der Waals surface area contributed by atoms with Crippen molar-refractivity contribution in [2.24, 2.45) is 0 Å². The molecule has 1 unspecified atom stereocenters. The highest BCUT2D eigenvalue weighted by Gasteiger charge is 2.36. The minimum absolute atomic E-state index is 0.0571. The molecular formula is C6H13O5PS. The molecule has 1 heterocycles. The Morgan fingerprint density at radius 2 is 2.38 bits per heavy atom. The summed E-state index contributed by atoms with van der Waals surface area (Å²) in [4.78, 5) is 16.5. The second-order valence-electron chi connectivity index (χ2n) is 2.83. The van der Waals surface area contributed by atoms with Gasteiger partial charge in [-0.25, -0.2) is 4.57 Å². The van der Waals surface area contributed by atoms with Crippen LogP contribution < -0.4 is 0 Å². The maximum absolute atomic E-state index is 10.5. The van der Waals surface area contributed by atoms with Crippen molar-refractivity contribution in [3.63, 3.8) is 0 Å². The maximum Gasteiger partial charge on any atom is 0.469 e. The van der Waals surface area contributed by atoms with Crippen molar-refractivity contribution in [1.29, 1.82) is 0 Å². The molecule has 1 saturated heterocycles. The van der Waals surface area contributed by atoms with E-state index in [1.807, 2.05) is 6.26 Å². The normalized spacial score (nSPS) is 29.5. The third-order valence-corrected chi connectivity index (χ3v) is 3.54. The number of hydrogen-bond acceptors (Lipinski definition) is 4. The van der Waals surface area contributed by atoms with Crippen molar-refractivity contribution >= 4 is 19.6 Å². The van der Waals surface area contributed by atoms with E-state index in [1.165, 1.54) is 11.8 Å². The van der Waals surface area contributed by atoms with E-state index in [4.69, 9.17) is 14.5 Å². The van der Waals surface area contributed by atoms with Gasteiger partial charge >= 0.3 is 7.82 Å². The van der Waals surface area contributed by atoms with Crippen LogP contribution in [0, 0.1) is 0 Å². The van der Waals surface area contributed by atoms with Crippen LogP contribution in [0.4, 0.5) is 0 Å². The third-order valence-electron chi connectivity index (χ3n) is 1.89. The Morgan fingerprint density at radius 3 is 2.77 bits per heavy atom. The molecule has 0 aromatic heterocycles. The lowest BCUT2D eigenvalue weighted by Crippen LogP contribution is -2.28. The van der Waals surface area contributed by atoms with Crippen LogP contribution in [0.5, 0.6) is 0 Å². The first-order chi connectivity index (χ1) is 5.97. The molecule has 1 aliphatic heterocycles. The summed E-state index contributed by atoms with van der Waals surface area (Å²) >= 11 is 1.43. The van der Waals surface area contributed by atoms with Gasteiger partial charge in [-0.2, -0.15) is 0 Å². The fourth-order valence-electron chi connectivity index (χ4n) is 1.19. The summed E-state index contributed by atoms with van der Waals surface area (Å²) in [6.07, 6.45) is 3.52. The summed E-state index contributed by atoms with van der Waals surface area (Å²) < 4.78 is 20.3. The lowest BCUT2D eigenvalue weighted by atomic mass is 10.2. The molecule has 1 fully saturated rings. The third kappa shape index (κ3) is 3.58. The maximum atomic E-state index is 10.5. The molecule has 0 bridgehead atoms. The lowest BCUT2D eigenvalue weighted by molar-refractivity contribution is 0.0302. The molecular weight excluding hydrogens is 215 g/mol. The Balaban J connectivity index is 2.45. The molecule has 0 aromatic rings. The number of hydrogen-bond donors (Lipinski definition) is 2. The van der Waals surface area contributed by atoms with Crippen molar-refractivity contribution in [1.82, 2.24) is 0 Å². The molecule has 1 aliphatic rings. The van der Waals surface area contributed by atoms with Crippen LogP contribution in [-0.2, 0) is 13.8 Å². The Bertz CT molecular complexity index is 209. The van der Waals surface area contributed by atoms with Crippen molar-refractivity contribution in [3.8, 4) is 0 Å². The van der Waals surface area contributed by atoms with Gasteiger partial charge < -0.3 is 14.5 Å². The van der Waals surface area contributed by atoms with E-state index in [0.717, 1.165) is 12.8 Å². The van der Waals surface area contributed by atoms with E-state index in [2.05, 4.69) is 4.52 Å². The molecule has 5 nitrogen and oxygen atoms in total. The smallest absolute Gasteiger partial charge is 0.362 e. The highest BCUT2D eigenvalue weighted by Crippen LogP contribution is 2.42. The average Bonchev–Trinajstić information content (AvgIpc) is 2.49. The van der Waals surface area contributed by atoms with Gasteiger partial charge in [-0.05, 0) is 19.1 Å². The molecule has 0 amide bonds. The monoisotopic (exact) mass is 228 g/mol. The summed E-state index contributed by atoms with van der Waals surface area (Å²) in [6.45, 7) is 0.573. The van der Waals surface area contributed by atoms with Crippen LogP contribution in [0.15, 0.2) is 0 Å². The Morgan fingerprint density at radius 1 is 1.69 bits per heavy atom. The van der Waals surface area contributed by atoms with Crippen LogP contribution in [0.2, 0.25) is 0 Å². The van der Waals surface area contributed by atoms with Gasteiger partial charge in [-0.15, -0.1) is 11.8 Å². The summed E-state index contributed by atoms with van der Waals surface area (Å²) in [5.74, 6) is 0. The number of rotatable bonds is 4. The second kappa shape index (κ2) is 4.29. The van der Waals surface area contributed by atoms with Gasteiger partial charge in [0.05, 0.1) is 6.61 Å². The van der Waals surface area contributed by atoms with Gasteiger partial charge in [0, 0.05) is 6.61 Å². The number of phosphoric acid groups is 1. The molecule has 7 heteroatoms.